The first-order valence-electron chi connectivity index (χ1n) is 10.4. The van der Waals surface area contributed by atoms with Crippen LogP contribution in [-0.2, 0) is 21.4 Å². The van der Waals surface area contributed by atoms with Crippen molar-refractivity contribution >= 4 is 34.2 Å². The van der Waals surface area contributed by atoms with Crippen molar-refractivity contribution in [1.29, 1.82) is 0 Å². The summed E-state index contributed by atoms with van der Waals surface area (Å²) in [7, 11) is 0. The maximum absolute atomic E-state index is 12.4. The third-order valence-corrected chi connectivity index (χ3v) is 8.32. The van der Waals surface area contributed by atoms with E-state index in [1.165, 1.54) is 4.88 Å². The molecule has 30 heavy (non-hydrogen) atoms. The van der Waals surface area contributed by atoms with Crippen LogP contribution in [0.2, 0.25) is 0 Å². The molecule has 4 rings (SSSR count). The number of ether oxygens (including phenoxy) is 1. The molecule has 0 radical (unpaired) electrons. The molecule has 1 aromatic heterocycles. The highest BCUT2D eigenvalue weighted by Gasteiger charge is 2.32. The van der Waals surface area contributed by atoms with Crippen molar-refractivity contribution in [2.45, 2.75) is 44.3 Å². The summed E-state index contributed by atoms with van der Waals surface area (Å²) < 4.78 is 5.39. The van der Waals surface area contributed by atoms with E-state index in [-0.39, 0.29) is 16.6 Å². The number of amidine groups is 1. The van der Waals surface area contributed by atoms with Crippen LogP contribution in [0.1, 0.15) is 37.6 Å². The number of morpholine rings is 1. The number of carbonyl (C=O) groups excluding carboxylic acids is 1. The number of phenols is 1. The molecule has 0 aliphatic carbocycles. The molecule has 1 aromatic carbocycles. The van der Waals surface area contributed by atoms with Gasteiger partial charge in [-0.25, -0.2) is 0 Å². The molecular weight excluding hydrogens is 416 g/mol. The molecule has 1 amide bonds. The van der Waals surface area contributed by atoms with Gasteiger partial charge in [0.05, 0.1) is 18.5 Å². The minimum absolute atomic E-state index is 0.0342. The zero-order chi connectivity index (χ0) is 21.3. The maximum atomic E-state index is 12.4. The summed E-state index contributed by atoms with van der Waals surface area (Å²) in [5.74, 6) is 0.316. The number of thiophene rings is 1. The summed E-state index contributed by atoms with van der Waals surface area (Å²) in [6.45, 7) is 9.42. The van der Waals surface area contributed by atoms with Crippen LogP contribution in [0.4, 0.5) is 0 Å². The van der Waals surface area contributed by atoms with Gasteiger partial charge in [0.1, 0.15) is 5.75 Å². The molecular formula is C23H28N2O3S2. The van der Waals surface area contributed by atoms with Gasteiger partial charge in [-0.2, -0.15) is 4.99 Å². The molecule has 1 fully saturated rings. The fourth-order valence-corrected chi connectivity index (χ4v) is 5.95. The number of carbonyl (C=O) groups is 1. The van der Waals surface area contributed by atoms with Crippen LogP contribution >= 0.6 is 23.1 Å². The van der Waals surface area contributed by atoms with E-state index in [0.29, 0.717) is 25.4 Å². The van der Waals surface area contributed by atoms with E-state index in [2.05, 4.69) is 48.9 Å². The van der Waals surface area contributed by atoms with E-state index in [9.17, 15) is 9.90 Å². The number of thioether (sulfide) groups is 1. The Labute approximate surface area is 186 Å². The summed E-state index contributed by atoms with van der Waals surface area (Å²) in [6, 6.07) is 10.1. The molecule has 160 valence electrons. The minimum Gasteiger partial charge on any atom is -0.508 e. The Kier molecular flexibility index (Phi) is 6.23. The molecule has 7 heteroatoms. The fourth-order valence-electron chi connectivity index (χ4n) is 3.65. The quantitative estimate of drug-likeness (QED) is 0.725. The highest BCUT2D eigenvalue weighted by Crippen LogP contribution is 2.39. The Morgan fingerprint density at radius 3 is 2.73 bits per heavy atom. The molecule has 1 saturated heterocycles. The summed E-state index contributed by atoms with van der Waals surface area (Å²) in [6.07, 6.45) is 1.64. The van der Waals surface area contributed by atoms with Crippen molar-refractivity contribution in [3.8, 4) is 16.2 Å². The van der Waals surface area contributed by atoms with Gasteiger partial charge in [-0.05, 0) is 47.7 Å². The van der Waals surface area contributed by atoms with Crippen LogP contribution in [-0.4, -0.2) is 52.6 Å². The number of phenolic OH excluding ortho intramolecular Hbond substituents is 1. The van der Waals surface area contributed by atoms with Crippen LogP contribution in [0.15, 0.2) is 35.3 Å². The molecule has 2 aliphatic rings. The van der Waals surface area contributed by atoms with Gasteiger partial charge in [0, 0.05) is 34.8 Å². The molecule has 2 aromatic rings. The summed E-state index contributed by atoms with van der Waals surface area (Å²) in [5, 5.41) is 11.0. The lowest BCUT2D eigenvalue weighted by Crippen LogP contribution is -2.39. The Morgan fingerprint density at radius 2 is 2.00 bits per heavy atom. The van der Waals surface area contributed by atoms with Crippen LogP contribution in [0.25, 0.3) is 10.4 Å². The Bertz CT molecular complexity index is 961. The smallest absolute Gasteiger partial charge is 0.262 e. The van der Waals surface area contributed by atoms with E-state index in [1.54, 1.807) is 29.2 Å². The van der Waals surface area contributed by atoms with Gasteiger partial charge in [0.25, 0.3) is 5.91 Å². The van der Waals surface area contributed by atoms with E-state index >= 15 is 0 Å². The third kappa shape index (κ3) is 4.43. The van der Waals surface area contributed by atoms with Crippen molar-refractivity contribution in [2.75, 3.05) is 26.3 Å². The van der Waals surface area contributed by atoms with Crippen LogP contribution in [0, 0.1) is 0 Å². The lowest BCUT2D eigenvalue weighted by atomic mass is 9.81. The number of aromatic hydroxyl groups is 1. The summed E-state index contributed by atoms with van der Waals surface area (Å²) in [5.41, 5.74) is 2.00. The predicted molar refractivity (Wildman–Crippen MR) is 125 cm³/mol. The molecule has 1 atom stereocenters. The fraction of sp³-hybridized carbons (Fsp3) is 0.478. The Hall–Kier alpha value is -1.83. The van der Waals surface area contributed by atoms with Crippen molar-refractivity contribution in [3.63, 3.8) is 0 Å². The first kappa shape index (κ1) is 21.4. The zero-order valence-corrected chi connectivity index (χ0v) is 19.3. The SMILES string of the molecule is CCC(C)(C)c1cc(-c2ccc(CC3SC(N4CCOCC4)=NC3=O)s2)ccc1O. The van der Waals surface area contributed by atoms with Gasteiger partial charge >= 0.3 is 0 Å². The van der Waals surface area contributed by atoms with Gasteiger partial charge in [0.15, 0.2) is 5.17 Å². The summed E-state index contributed by atoms with van der Waals surface area (Å²) in [4.78, 5) is 21.2. The van der Waals surface area contributed by atoms with Gasteiger partial charge in [-0.1, -0.05) is 32.5 Å². The van der Waals surface area contributed by atoms with Gasteiger partial charge < -0.3 is 14.7 Å². The second-order valence-corrected chi connectivity index (χ2v) is 10.7. The topological polar surface area (TPSA) is 62.1 Å². The third-order valence-electron chi connectivity index (χ3n) is 5.95. The molecule has 0 bridgehead atoms. The van der Waals surface area contributed by atoms with Crippen LogP contribution < -0.4 is 0 Å². The van der Waals surface area contributed by atoms with Gasteiger partial charge in [-0.3, -0.25) is 4.79 Å². The number of aliphatic imine (C=N–C) groups is 1. The van der Waals surface area contributed by atoms with Crippen molar-refractivity contribution in [2.24, 2.45) is 4.99 Å². The molecule has 5 nitrogen and oxygen atoms in total. The first-order valence-corrected chi connectivity index (χ1v) is 12.1. The Morgan fingerprint density at radius 1 is 1.23 bits per heavy atom. The lowest BCUT2D eigenvalue weighted by Gasteiger charge is -2.27. The molecule has 2 aliphatic heterocycles. The number of amides is 1. The first-order chi connectivity index (χ1) is 14.4. The van der Waals surface area contributed by atoms with Crippen LogP contribution in [0.3, 0.4) is 0 Å². The van der Waals surface area contributed by atoms with Crippen molar-refractivity contribution < 1.29 is 14.6 Å². The predicted octanol–water partition coefficient (Wildman–Crippen LogP) is 4.68. The molecule has 1 N–H and O–H groups in total. The highest BCUT2D eigenvalue weighted by molar-refractivity contribution is 8.15. The average molecular weight is 445 g/mol. The highest BCUT2D eigenvalue weighted by atomic mass is 32.2. The van der Waals surface area contributed by atoms with E-state index in [0.717, 1.165) is 40.7 Å². The number of nitrogens with zero attached hydrogens (tertiary/aromatic N) is 2. The van der Waals surface area contributed by atoms with Crippen LogP contribution in [0.5, 0.6) is 5.75 Å². The maximum Gasteiger partial charge on any atom is 0.262 e. The minimum atomic E-state index is -0.149. The number of benzene rings is 1. The van der Waals surface area contributed by atoms with E-state index < -0.39 is 0 Å². The Balaban J connectivity index is 1.46. The second kappa shape index (κ2) is 8.73. The van der Waals surface area contributed by atoms with E-state index in [1.807, 2.05) is 6.07 Å². The molecule has 3 heterocycles. The monoisotopic (exact) mass is 444 g/mol. The zero-order valence-electron chi connectivity index (χ0n) is 17.7. The average Bonchev–Trinajstić information content (AvgIpc) is 3.36. The largest absolute Gasteiger partial charge is 0.508 e. The number of hydrogen-bond acceptors (Lipinski definition) is 6. The van der Waals surface area contributed by atoms with Crippen molar-refractivity contribution in [1.82, 2.24) is 4.90 Å². The molecule has 0 saturated carbocycles. The normalized spacial score (nSPS) is 20.0. The van der Waals surface area contributed by atoms with E-state index in [4.69, 9.17) is 4.74 Å². The number of rotatable bonds is 5. The second-order valence-electron chi connectivity index (χ2n) is 8.38. The summed E-state index contributed by atoms with van der Waals surface area (Å²) >= 11 is 3.29. The van der Waals surface area contributed by atoms with Gasteiger partial charge in [0.2, 0.25) is 0 Å². The number of hydrogen-bond donors (Lipinski definition) is 1. The molecule has 1 unspecified atom stereocenters. The molecule has 0 spiro atoms. The lowest BCUT2D eigenvalue weighted by molar-refractivity contribution is -0.117. The standard InChI is InChI=1S/C23H28N2O3S2/c1-4-23(2,3)17-13-15(5-7-18(17)26)19-8-6-16(29-19)14-20-21(27)24-22(30-20)25-9-11-28-12-10-25/h5-8,13,20,26H,4,9-12,14H2,1-3H3. The van der Waals surface area contributed by atoms with Crippen molar-refractivity contribution in [3.05, 3.63) is 40.8 Å². The van der Waals surface area contributed by atoms with Gasteiger partial charge in [-0.15, -0.1) is 11.3 Å².